The Morgan fingerprint density at radius 2 is 2.05 bits per heavy atom. The molecule has 0 spiro atoms. The van der Waals surface area contributed by atoms with Crippen LogP contribution in [0.1, 0.15) is 5.69 Å². The van der Waals surface area contributed by atoms with Crippen LogP contribution in [0.25, 0.3) is 10.8 Å². The van der Waals surface area contributed by atoms with E-state index >= 15 is 0 Å². The summed E-state index contributed by atoms with van der Waals surface area (Å²) in [4.78, 5) is 4.11. The number of nitrogens with two attached hydrogens (primary N) is 1. The second kappa shape index (κ2) is 5.16. The number of pyridine rings is 1. The maximum atomic E-state index is 12.3. The van der Waals surface area contributed by atoms with Gasteiger partial charge in [-0.1, -0.05) is 0 Å². The Kier molecular flexibility index (Phi) is 3.71. The molecule has 0 aliphatic carbocycles. The fourth-order valence-electron chi connectivity index (χ4n) is 1.84. The molecule has 7 heteroatoms. The van der Waals surface area contributed by atoms with Gasteiger partial charge in [-0.2, -0.15) is 13.2 Å². The van der Waals surface area contributed by atoms with Gasteiger partial charge in [0, 0.05) is 40.6 Å². The number of alkyl halides is 3. The first-order valence-corrected chi connectivity index (χ1v) is 5.92. The number of nitrogens with one attached hydrogen (secondary N) is 1. The molecule has 4 N–H and O–H groups in total. The Balaban J connectivity index is 2.31. The van der Waals surface area contributed by atoms with Crippen LogP contribution >= 0.6 is 0 Å². The fraction of sp³-hybridized carbons (Fsp3) is 0.308. The average Bonchev–Trinajstić information content (AvgIpc) is 2.36. The molecule has 1 unspecified atom stereocenters. The summed E-state index contributed by atoms with van der Waals surface area (Å²) in [6, 6.07) is 4.90. The molecule has 2 aromatic rings. The van der Waals surface area contributed by atoms with Crippen LogP contribution in [0.4, 0.5) is 24.5 Å². The molecule has 1 aromatic heterocycles. The van der Waals surface area contributed by atoms with Crippen molar-refractivity contribution in [2.24, 2.45) is 0 Å². The highest BCUT2D eigenvalue weighted by Crippen LogP contribution is 2.29. The lowest BCUT2D eigenvalue weighted by Crippen LogP contribution is -2.35. The average molecular weight is 285 g/mol. The van der Waals surface area contributed by atoms with Crippen molar-refractivity contribution in [1.82, 2.24) is 4.98 Å². The highest BCUT2D eigenvalue weighted by Gasteiger charge is 2.37. The van der Waals surface area contributed by atoms with Gasteiger partial charge in [0.2, 0.25) is 0 Å². The Labute approximate surface area is 113 Å². The van der Waals surface area contributed by atoms with Crippen molar-refractivity contribution < 1.29 is 18.3 Å². The highest BCUT2D eigenvalue weighted by molar-refractivity contribution is 6.00. The number of fused-ring (bicyclic) bond motifs is 1. The van der Waals surface area contributed by atoms with Crippen LogP contribution in [0.2, 0.25) is 0 Å². The van der Waals surface area contributed by atoms with Gasteiger partial charge in [0.15, 0.2) is 6.10 Å². The molecule has 1 heterocycles. The summed E-state index contributed by atoms with van der Waals surface area (Å²) in [5, 5.41) is 12.9. The molecular formula is C13H14F3N3O. The van der Waals surface area contributed by atoms with Crippen LogP contribution in [0.3, 0.4) is 0 Å². The van der Waals surface area contributed by atoms with E-state index in [1.54, 1.807) is 31.3 Å². The maximum Gasteiger partial charge on any atom is 0.416 e. The molecule has 0 bridgehead atoms. The number of aliphatic hydroxyl groups excluding tert-OH is 1. The van der Waals surface area contributed by atoms with Crippen LogP contribution in [-0.2, 0) is 0 Å². The number of anilines is 2. The van der Waals surface area contributed by atoms with Gasteiger partial charge < -0.3 is 16.2 Å². The Morgan fingerprint density at radius 1 is 1.35 bits per heavy atom. The molecule has 0 saturated heterocycles. The van der Waals surface area contributed by atoms with Gasteiger partial charge in [-0.15, -0.1) is 0 Å². The standard InChI is InChI=1S/C13H14F3N3O/c1-7-4-8-9(5-18-7)10(17)2-3-11(8)19-6-12(20)13(14,15)16/h2-5,12,19-20H,6,17H2,1H3. The van der Waals surface area contributed by atoms with E-state index in [2.05, 4.69) is 10.3 Å². The van der Waals surface area contributed by atoms with Crippen molar-refractivity contribution in [2.75, 3.05) is 17.6 Å². The second-order valence-corrected chi connectivity index (χ2v) is 4.51. The van der Waals surface area contributed by atoms with E-state index in [-0.39, 0.29) is 0 Å². The Bertz CT molecular complexity index is 628. The minimum atomic E-state index is -4.64. The number of hydrogen-bond donors (Lipinski definition) is 3. The van der Waals surface area contributed by atoms with Gasteiger partial charge >= 0.3 is 6.18 Å². The molecule has 0 aliphatic rings. The van der Waals surface area contributed by atoms with Gasteiger partial charge in [-0.3, -0.25) is 4.98 Å². The number of rotatable bonds is 3. The predicted molar refractivity (Wildman–Crippen MR) is 71.4 cm³/mol. The third kappa shape index (κ3) is 2.93. The molecule has 0 radical (unpaired) electrons. The number of halogens is 3. The first-order chi connectivity index (χ1) is 9.29. The maximum absolute atomic E-state index is 12.3. The first-order valence-electron chi connectivity index (χ1n) is 5.92. The van der Waals surface area contributed by atoms with E-state index in [9.17, 15) is 13.2 Å². The molecular weight excluding hydrogens is 271 g/mol. The van der Waals surface area contributed by atoms with Crippen LogP contribution in [0.15, 0.2) is 24.4 Å². The monoisotopic (exact) mass is 285 g/mol. The van der Waals surface area contributed by atoms with Gasteiger partial charge in [0.05, 0.1) is 0 Å². The van der Waals surface area contributed by atoms with Gasteiger partial charge in [0.25, 0.3) is 0 Å². The number of hydrogen-bond acceptors (Lipinski definition) is 4. The zero-order chi connectivity index (χ0) is 14.9. The van der Waals surface area contributed by atoms with E-state index in [0.717, 1.165) is 5.69 Å². The summed E-state index contributed by atoms with van der Waals surface area (Å²) in [5.74, 6) is 0. The number of nitrogens with zero attached hydrogens (tertiary/aromatic N) is 1. The zero-order valence-corrected chi connectivity index (χ0v) is 10.7. The van der Waals surface area contributed by atoms with Crippen molar-refractivity contribution in [3.63, 3.8) is 0 Å². The van der Waals surface area contributed by atoms with Crippen molar-refractivity contribution in [2.45, 2.75) is 19.2 Å². The number of aromatic nitrogens is 1. The molecule has 1 aromatic carbocycles. The van der Waals surface area contributed by atoms with Crippen molar-refractivity contribution in [3.05, 3.63) is 30.1 Å². The van der Waals surface area contributed by atoms with E-state index in [1.165, 1.54) is 0 Å². The molecule has 1 atom stereocenters. The normalized spacial score (nSPS) is 13.4. The lowest BCUT2D eigenvalue weighted by Gasteiger charge is -2.17. The molecule has 0 aliphatic heterocycles. The minimum Gasteiger partial charge on any atom is -0.398 e. The van der Waals surface area contributed by atoms with E-state index in [0.29, 0.717) is 22.1 Å². The molecule has 0 fully saturated rings. The number of benzene rings is 1. The van der Waals surface area contributed by atoms with E-state index in [4.69, 9.17) is 10.8 Å². The van der Waals surface area contributed by atoms with Crippen LogP contribution < -0.4 is 11.1 Å². The third-order valence-electron chi connectivity index (χ3n) is 2.94. The van der Waals surface area contributed by atoms with Crippen LogP contribution in [0.5, 0.6) is 0 Å². The predicted octanol–water partition coefficient (Wildman–Crippen LogP) is 2.46. The fourth-order valence-corrected chi connectivity index (χ4v) is 1.84. The number of aliphatic hydroxyl groups is 1. The molecule has 2 rings (SSSR count). The third-order valence-corrected chi connectivity index (χ3v) is 2.94. The molecule has 108 valence electrons. The first kappa shape index (κ1) is 14.4. The number of aryl methyl sites for hydroxylation is 1. The smallest absolute Gasteiger partial charge is 0.398 e. The lowest BCUT2D eigenvalue weighted by molar-refractivity contribution is -0.198. The molecule has 0 amide bonds. The SMILES string of the molecule is Cc1cc2c(NCC(O)C(F)(F)F)ccc(N)c2cn1. The second-order valence-electron chi connectivity index (χ2n) is 4.51. The Morgan fingerprint density at radius 3 is 2.70 bits per heavy atom. The van der Waals surface area contributed by atoms with E-state index in [1.807, 2.05) is 0 Å². The van der Waals surface area contributed by atoms with Crippen LogP contribution in [-0.4, -0.2) is 28.9 Å². The molecule has 0 saturated carbocycles. The molecule has 4 nitrogen and oxygen atoms in total. The van der Waals surface area contributed by atoms with E-state index < -0.39 is 18.8 Å². The summed E-state index contributed by atoms with van der Waals surface area (Å²) >= 11 is 0. The topological polar surface area (TPSA) is 71.2 Å². The Hall–Kier alpha value is -2.02. The summed E-state index contributed by atoms with van der Waals surface area (Å²) < 4.78 is 36.8. The minimum absolute atomic E-state index is 0.475. The zero-order valence-electron chi connectivity index (χ0n) is 10.7. The summed E-state index contributed by atoms with van der Waals surface area (Å²) in [6.07, 6.45) is -5.49. The van der Waals surface area contributed by atoms with Gasteiger partial charge in [0.1, 0.15) is 0 Å². The van der Waals surface area contributed by atoms with Crippen molar-refractivity contribution in [1.29, 1.82) is 0 Å². The van der Waals surface area contributed by atoms with Gasteiger partial charge in [-0.25, -0.2) is 0 Å². The lowest BCUT2D eigenvalue weighted by atomic mass is 10.1. The quantitative estimate of drug-likeness (QED) is 0.758. The number of nitrogen functional groups attached to an aromatic ring is 1. The van der Waals surface area contributed by atoms with Gasteiger partial charge in [-0.05, 0) is 25.1 Å². The summed E-state index contributed by atoms with van der Waals surface area (Å²) in [7, 11) is 0. The highest BCUT2D eigenvalue weighted by atomic mass is 19.4. The summed E-state index contributed by atoms with van der Waals surface area (Å²) in [6.45, 7) is 1.15. The largest absolute Gasteiger partial charge is 0.416 e. The van der Waals surface area contributed by atoms with Crippen molar-refractivity contribution >= 4 is 22.1 Å². The summed E-state index contributed by atoms with van der Waals surface area (Å²) in [5.41, 5.74) is 7.50. The van der Waals surface area contributed by atoms with Crippen molar-refractivity contribution in [3.8, 4) is 0 Å². The molecule has 20 heavy (non-hydrogen) atoms. The van der Waals surface area contributed by atoms with Crippen LogP contribution in [0, 0.1) is 6.92 Å².